The van der Waals surface area contributed by atoms with Crippen LogP contribution in [0.5, 0.6) is 5.88 Å². The Hall–Kier alpha value is -1.65. The van der Waals surface area contributed by atoms with Gasteiger partial charge in [-0.2, -0.15) is 9.37 Å². The molecule has 122 valence electrons. The standard InChI is InChI=1S/C17H25FN2O2/c1-10(2)12-6-5-11(3)9-13(12)17(21)19-14-7-8-15(22-4)20-16(14)18/h7-8,10-13H,5-6,9H2,1-4H3,(H,19,21)/t11-,12+,13-/m1/s1. The van der Waals surface area contributed by atoms with E-state index in [9.17, 15) is 9.18 Å². The third-order valence-corrected chi connectivity index (χ3v) is 4.65. The number of hydrogen-bond donors (Lipinski definition) is 1. The number of nitrogens with zero attached hydrogens (tertiary/aromatic N) is 1. The van der Waals surface area contributed by atoms with E-state index in [0.717, 1.165) is 19.3 Å². The van der Waals surface area contributed by atoms with Crippen molar-refractivity contribution in [3.05, 3.63) is 18.1 Å². The Morgan fingerprint density at radius 1 is 1.41 bits per heavy atom. The van der Waals surface area contributed by atoms with Crippen LogP contribution in [-0.2, 0) is 4.79 Å². The molecule has 2 rings (SSSR count). The number of hydrogen-bond acceptors (Lipinski definition) is 3. The molecule has 0 aliphatic heterocycles. The maximum absolute atomic E-state index is 13.9. The summed E-state index contributed by atoms with van der Waals surface area (Å²) >= 11 is 0. The molecule has 0 aromatic carbocycles. The van der Waals surface area contributed by atoms with Gasteiger partial charge in [-0.1, -0.05) is 27.2 Å². The molecule has 1 N–H and O–H groups in total. The van der Waals surface area contributed by atoms with Gasteiger partial charge in [0, 0.05) is 12.0 Å². The number of halogens is 1. The summed E-state index contributed by atoms with van der Waals surface area (Å²) in [5.74, 6) is 0.651. The van der Waals surface area contributed by atoms with Gasteiger partial charge in [0.2, 0.25) is 17.7 Å². The molecule has 0 spiro atoms. The number of methoxy groups -OCH3 is 1. The largest absolute Gasteiger partial charge is 0.481 e. The number of rotatable bonds is 4. The molecule has 1 aliphatic carbocycles. The van der Waals surface area contributed by atoms with Crippen molar-refractivity contribution in [1.29, 1.82) is 0 Å². The molecule has 1 fully saturated rings. The number of pyridine rings is 1. The van der Waals surface area contributed by atoms with E-state index in [4.69, 9.17) is 4.74 Å². The minimum atomic E-state index is -0.711. The second-order valence-corrected chi connectivity index (χ2v) is 6.61. The number of anilines is 1. The summed E-state index contributed by atoms with van der Waals surface area (Å²) in [5.41, 5.74) is 0.117. The molecule has 0 saturated heterocycles. The van der Waals surface area contributed by atoms with Gasteiger partial charge >= 0.3 is 0 Å². The summed E-state index contributed by atoms with van der Waals surface area (Å²) < 4.78 is 18.8. The summed E-state index contributed by atoms with van der Waals surface area (Å²) in [7, 11) is 1.43. The van der Waals surface area contributed by atoms with Crippen molar-refractivity contribution in [3.63, 3.8) is 0 Å². The van der Waals surface area contributed by atoms with Crippen molar-refractivity contribution in [2.75, 3.05) is 12.4 Å². The van der Waals surface area contributed by atoms with Crippen molar-refractivity contribution in [3.8, 4) is 5.88 Å². The van der Waals surface area contributed by atoms with Gasteiger partial charge in [-0.15, -0.1) is 0 Å². The summed E-state index contributed by atoms with van der Waals surface area (Å²) in [6.07, 6.45) is 3.07. The van der Waals surface area contributed by atoms with Gasteiger partial charge < -0.3 is 10.1 Å². The summed E-state index contributed by atoms with van der Waals surface area (Å²) in [5, 5.41) is 2.70. The van der Waals surface area contributed by atoms with Crippen LogP contribution in [0, 0.1) is 29.6 Å². The fourth-order valence-electron chi connectivity index (χ4n) is 3.35. The highest BCUT2D eigenvalue weighted by molar-refractivity contribution is 5.92. The third-order valence-electron chi connectivity index (χ3n) is 4.65. The predicted octanol–water partition coefficient (Wildman–Crippen LogP) is 3.88. The summed E-state index contributed by atoms with van der Waals surface area (Å²) in [6, 6.07) is 3.04. The highest BCUT2D eigenvalue weighted by atomic mass is 19.1. The lowest BCUT2D eigenvalue weighted by Gasteiger charge is -2.36. The first kappa shape index (κ1) is 16.7. The zero-order valence-electron chi connectivity index (χ0n) is 13.7. The number of aromatic nitrogens is 1. The minimum Gasteiger partial charge on any atom is -0.481 e. The van der Waals surface area contributed by atoms with Crippen LogP contribution in [0.25, 0.3) is 0 Å². The molecular weight excluding hydrogens is 283 g/mol. The Bertz CT molecular complexity index is 533. The summed E-state index contributed by atoms with van der Waals surface area (Å²) in [6.45, 7) is 6.47. The van der Waals surface area contributed by atoms with Gasteiger partial charge in [0.15, 0.2) is 0 Å². The molecule has 22 heavy (non-hydrogen) atoms. The lowest BCUT2D eigenvalue weighted by atomic mass is 9.70. The number of amides is 1. The van der Waals surface area contributed by atoms with Crippen molar-refractivity contribution < 1.29 is 13.9 Å². The molecule has 0 unspecified atom stereocenters. The number of nitrogens with one attached hydrogen (secondary N) is 1. The number of carbonyl (C=O) groups is 1. The van der Waals surface area contributed by atoms with Gasteiger partial charge in [0.1, 0.15) is 0 Å². The molecule has 5 heteroatoms. The Balaban J connectivity index is 2.12. The van der Waals surface area contributed by atoms with Gasteiger partial charge in [-0.25, -0.2) is 0 Å². The Morgan fingerprint density at radius 2 is 2.14 bits per heavy atom. The molecule has 1 aromatic rings. The first-order chi connectivity index (χ1) is 10.4. The average Bonchev–Trinajstić information content (AvgIpc) is 2.48. The molecule has 1 amide bonds. The summed E-state index contributed by atoms with van der Waals surface area (Å²) in [4.78, 5) is 16.3. The smallest absolute Gasteiger partial charge is 0.239 e. The highest BCUT2D eigenvalue weighted by Gasteiger charge is 2.35. The molecule has 3 atom stereocenters. The van der Waals surface area contributed by atoms with Gasteiger partial charge in [-0.05, 0) is 36.7 Å². The molecule has 1 heterocycles. The van der Waals surface area contributed by atoms with E-state index in [1.807, 2.05) is 0 Å². The van der Waals surface area contributed by atoms with E-state index in [1.54, 1.807) is 6.07 Å². The highest BCUT2D eigenvalue weighted by Crippen LogP contribution is 2.38. The van der Waals surface area contributed by atoms with Gasteiger partial charge in [0.05, 0.1) is 12.8 Å². The fourth-order valence-corrected chi connectivity index (χ4v) is 3.35. The van der Waals surface area contributed by atoms with E-state index in [0.29, 0.717) is 17.8 Å². The first-order valence-electron chi connectivity index (χ1n) is 7.93. The Kier molecular flexibility index (Phi) is 5.37. The normalized spacial score (nSPS) is 25.1. The zero-order valence-corrected chi connectivity index (χ0v) is 13.7. The topological polar surface area (TPSA) is 51.2 Å². The van der Waals surface area contributed by atoms with E-state index < -0.39 is 5.95 Å². The van der Waals surface area contributed by atoms with Crippen molar-refractivity contribution >= 4 is 11.6 Å². The predicted molar refractivity (Wildman–Crippen MR) is 84.2 cm³/mol. The van der Waals surface area contributed by atoms with Gasteiger partial charge in [0.25, 0.3) is 0 Å². The zero-order chi connectivity index (χ0) is 16.3. The monoisotopic (exact) mass is 308 g/mol. The van der Waals surface area contributed by atoms with E-state index in [-0.39, 0.29) is 23.4 Å². The molecule has 0 bridgehead atoms. The number of carbonyl (C=O) groups excluding carboxylic acids is 1. The molecule has 1 saturated carbocycles. The van der Waals surface area contributed by atoms with Crippen LogP contribution in [0.2, 0.25) is 0 Å². The van der Waals surface area contributed by atoms with E-state index in [2.05, 4.69) is 31.1 Å². The molecule has 4 nitrogen and oxygen atoms in total. The fraction of sp³-hybridized carbons (Fsp3) is 0.647. The van der Waals surface area contributed by atoms with Crippen LogP contribution in [0.4, 0.5) is 10.1 Å². The number of ether oxygens (including phenoxy) is 1. The van der Waals surface area contributed by atoms with Crippen molar-refractivity contribution in [1.82, 2.24) is 4.98 Å². The molecule has 0 radical (unpaired) electrons. The van der Waals surface area contributed by atoms with E-state index >= 15 is 0 Å². The van der Waals surface area contributed by atoms with Crippen LogP contribution in [0.3, 0.4) is 0 Å². The average molecular weight is 308 g/mol. The molecular formula is C17H25FN2O2. The first-order valence-corrected chi connectivity index (χ1v) is 7.93. The van der Waals surface area contributed by atoms with Crippen molar-refractivity contribution in [2.24, 2.45) is 23.7 Å². The Labute approximate surface area is 131 Å². The lowest BCUT2D eigenvalue weighted by molar-refractivity contribution is -0.124. The maximum Gasteiger partial charge on any atom is 0.239 e. The van der Waals surface area contributed by atoms with Crippen molar-refractivity contribution in [2.45, 2.75) is 40.0 Å². The second kappa shape index (κ2) is 7.07. The van der Waals surface area contributed by atoms with Gasteiger partial charge in [-0.3, -0.25) is 4.79 Å². The SMILES string of the molecule is COc1ccc(NC(=O)[C@@H]2C[C@H](C)CC[C@H]2C(C)C)c(F)n1. The van der Waals surface area contributed by atoms with Crippen LogP contribution in [-0.4, -0.2) is 18.0 Å². The maximum atomic E-state index is 13.9. The van der Waals surface area contributed by atoms with Crippen LogP contribution >= 0.6 is 0 Å². The lowest BCUT2D eigenvalue weighted by Crippen LogP contribution is -2.36. The van der Waals surface area contributed by atoms with Crippen LogP contribution in [0.15, 0.2) is 12.1 Å². The van der Waals surface area contributed by atoms with Crippen LogP contribution < -0.4 is 10.1 Å². The molecule has 1 aliphatic rings. The molecule has 1 aromatic heterocycles. The second-order valence-electron chi connectivity index (χ2n) is 6.61. The van der Waals surface area contributed by atoms with E-state index in [1.165, 1.54) is 13.2 Å². The quantitative estimate of drug-likeness (QED) is 0.859. The third kappa shape index (κ3) is 3.76. The Morgan fingerprint density at radius 3 is 2.73 bits per heavy atom. The van der Waals surface area contributed by atoms with Crippen LogP contribution in [0.1, 0.15) is 40.0 Å². The minimum absolute atomic E-state index is 0.0646.